The number of likely N-dealkylation sites (tertiary alicyclic amines) is 1. The van der Waals surface area contributed by atoms with Crippen molar-refractivity contribution in [3.63, 3.8) is 0 Å². The van der Waals surface area contributed by atoms with Crippen molar-refractivity contribution < 1.29 is 4.79 Å². The molecule has 1 N–H and O–H groups in total. The molecular formula is C25H32N4O. The van der Waals surface area contributed by atoms with Gasteiger partial charge in [-0.3, -0.25) is 9.69 Å². The Kier molecular flexibility index (Phi) is 6.18. The van der Waals surface area contributed by atoms with Gasteiger partial charge in [0.05, 0.1) is 17.6 Å². The zero-order valence-electron chi connectivity index (χ0n) is 18.3. The Morgan fingerprint density at radius 3 is 2.70 bits per heavy atom. The van der Waals surface area contributed by atoms with Gasteiger partial charge in [0.25, 0.3) is 5.91 Å². The quantitative estimate of drug-likeness (QED) is 0.611. The molecule has 1 amide bonds. The molecule has 5 nitrogen and oxygen atoms in total. The van der Waals surface area contributed by atoms with Crippen molar-refractivity contribution in [1.82, 2.24) is 14.5 Å². The molecule has 4 rings (SSSR count). The second kappa shape index (κ2) is 9.00. The number of aryl methyl sites for hydroxylation is 2. The van der Waals surface area contributed by atoms with Crippen LogP contribution in [0.2, 0.25) is 0 Å². The second-order valence-electron chi connectivity index (χ2n) is 8.67. The topological polar surface area (TPSA) is 50.2 Å². The number of nitrogens with zero attached hydrogens (tertiary/aromatic N) is 3. The second-order valence-corrected chi connectivity index (χ2v) is 8.67. The highest BCUT2D eigenvalue weighted by Gasteiger charge is 2.19. The summed E-state index contributed by atoms with van der Waals surface area (Å²) in [5.41, 5.74) is 4.63. The molecule has 0 radical (unpaired) electrons. The fraction of sp³-hybridized carbons (Fsp3) is 0.440. The largest absolute Gasteiger partial charge is 0.327 e. The summed E-state index contributed by atoms with van der Waals surface area (Å²) in [4.78, 5) is 20.1. The summed E-state index contributed by atoms with van der Waals surface area (Å²) in [5, 5.41) is 3.03. The van der Waals surface area contributed by atoms with Crippen LogP contribution >= 0.6 is 0 Å². The van der Waals surface area contributed by atoms with Crippen molar-refractivity contribution in [2.24, 2.45) is 5.92 Å². The average molecular weight is 405 g/mol. The molecule has 1 aliphatic rings. The average Bonchev–Trinajstić information content (AvgIpc) is 3.06. The van der Waals surface area contributed by atoms with Crippen LogP contribution in [-0.2, 0) is 13.1 Å². The third-order valence-electron chi connectivity index (χ3n) is 6.05. The highest BCUT2D eigenvalue weighted by molar-refractivity contribution is 6.05. The Hall–Kier alpha value is -2.66. The summed E-state index contributed by atoms with van der Waals surface area (Å²) >= 11 is 0. The molecule has 0 saturated carbocycles. The Morgan fingerprint density at radius 1 is 1.17 bits per heavy atom. The molecule has 1 fully saturated rings. The molecule has 158 valence electrons. The van der Waals surface area contributed by atoms with E-state index in [1.165, 1.54) is 12.8 Å². The van der Waals surface area contributed by atoms with Crippen molar-refractivity contribution in [1.29, 1.82) is 0 Å². The summed E-state index contributed by atoms with van der Waals surface area (Å²) in [6, 6.07) is 13.7. The third kappa shape index (κ3) is 4.57. The summed E-state index contributed by atoms with van der Waals surface area (Å²) < 4.78 is 2.35. The number of benzene rings is 2. The van der Waals surface area contributed by atoms with Gasteiger partial charge < -0.3 is 9.88 Å². The highest BCUT2D eigenvalue weighted by Crippen LogP contribution is 2.24. The minimum absolute atomic E-state index is 0.0892. The first-order valence-electron chi connectivity index (χ1n) is 11.1. The lowest BCUT2D eigenvalue weighted by molar-refractivity contribution is 0.102. The predicted octanol–water partition coefficient (Wildman–Crippen LogP) is 5.24. The predicted molar refractivity (Wildman–Crippen MR) is 123 cm³/mol. The van der Waals surface area contributed by atoms with E-state index < -0.39 is 0 Å². The zero-order valence-corrected chi connectivity index (χ0v) is 18.3. The molecule has 5 heteroatoms. The number of hydrogen-bond donors (Lipinski definition) is 1. The van der Waals surface area contributed by atoms with Crippen LogP contribution in [0.4, 0.5) is 5.69 Å². The van der Waals surface area contributed by atoms with Crippen LogP contribution in [0.3, 0.4) is 0 Å². The van der Waals surface area contributed by atoms with Crippen molar-refractivity contribution >= 4 is 22.6 Å². The number of carbonyl (C=O) groups excluding carboxylic acids is 1. The lowest BCUT2D eigenvalue weighted by Gasteiger charge is -2.29. The van der Waals surface area contributed by atoms with E-state index in [0.717, 1.165) is 66.6 Å². The first kappa shape index (κ1) is 20.6. The van der Waals surface area contributed by atoms with Gasteiger partial charge in [-0.15, -0.1) is 0 Å². The summed E-state index contributed by atoms with van der Waals surface area (Å²) in [7, 11) is 0. The lowest BCUT2D eigenvalue weighted by atomic mass is 9.99. The minimum Gasteiger partial charge on any atom is -0.327 e. The van der Waals surface area contributed by atoms with Gasteiger partial charge in [-0.2, -0.15) is 0 Å². The van der Waals surface area contributed by atoms with Crippen LogP contribution in [0.25, 0.3) is 11.0 Å². The molecule has 0 spiro atoms. The van der Waals surface area contributed by atoms with E-state index in [1.54, 1.807) is 0 Å². The van der Waals surface area contributed by atoms with E-state index in [9.17, 15) is 4.79 Å². The van der Waals surface area contributed by atoms with Gasteiger partial charge in [0.15, 0.2) is 0 Å². The van der Waals surface area contributed by atoms with Gasteiger partial charge in [-0.25, -0.2) is 4.98 Å². The van der Waals surface area contributed by atoms with Crippen LogP contribution < -0.4 is 5.32 Å². The van der Waals surface area contributed by atoms with Crippen molar-refractivity contribution in [3.05, 3.63) is 59.4 Å². The standard InChI is InChI=1S/C25H32N4O/c1-4-12-29-23-9-8-21(26-25(30)20-7-5-6-19(3)15-20)16-22(23)27-24(29)17-28-13-10-18(2)11-14-28/h5-9,15-16,18H,4,10-14,17H2,1-3H3,(H,26,30). The maximum atomic E-state index is 12.6. The van der Waals surface area contributed by atoms with Gasteiger partial charge in [0, 0.05) is 17.8 Å². The number of nitrogens with one attached hydrogen (secondary N) is 1. The van der Waals surface area contributed by atoms with E-state index in [2.05, 4.69) is 34.7 Å². The van der Waals surface area contributed by atoms with Crippen LogP contribution in [0.15, 0.2) is 42.5 Å². The zero-order chi connectivity index (χ0) is 21.1. The summed E-state index contributed by atoms with van der Waals surface area (Å²) in [6.07, 6.45) is 3.60. The maximum Gasteiger partial charge on any atom is 0.255 e. The van der Waals surface area contributed by atoms with E-state index in [1.807, 2.05) is 43.3 Å². The monoisotopic (exact) mass is 404 g/mol. The van der Waals surface area contributed by atoms with Gasteiger partial charge >= 0.3 is 0 Å². The van der Waals surface area contributed by atoms with E-state index in [0.29, 0.717) is 5.56 Å². The van der Waals surface area contributed by atoms with Gasteiger partial charge in [-0.1, -0.05) is 31.5 Å². The van der Waals surface area contributed by atoms with Gasteiger partial charge in [0.1, 0.15) is 5.82 Å². The molecule has 1 saturated heterocycles. The smallest absolute Gasteiger partial charge is 0.255 e. The lowest BCUT2D eigenvalue weighted by Crippen LogP contribution is -2.33. The number of imidazole rings is 1. The van der Waals surface area contributed by atoms with E-state index >= 15 is 0 Å². The molecule has 0 aliphatic carbocycles. The van der Waals surface area contributed by atoms with Crippen LogP contribution in [0.5, 0.6) is 0 Å². The van der Waals surface area contributed by atoms with Crippen molar-refractivity contribution in [3.8, 4) is 0 Å². The Bertz CT molecular complexity index is 1030. The molecule has 1 aromatic heterocycles. The minimum atomic E-state index is -0.0892. The SMILES string of the molecule is CCCn1c(CN2CCC(C)CC2)nc2cc(NC(=O)c3cccc(C)c3)ccc21. The molecule has 0 atom stereocenters. The molecule has 0 bridgehead atoms. The van der Waals surface area contributed by atoms with Crippen molar-refractivity contribution in [2.75, 3.05) is 18.4 Å². The van der Waals surface area contributed by atoms with Crippen LogP contribution in [0.1, 0.15) is 54.9 Å². The van der Waals surface area contributed by atoms with Crippen LogP contribution in [0, 0.1) is 12.8 Å². The number of fused-ring (bicyclic) bond motifs is 1. The molecular weight excluding hydrogens is 372 g/mol. The number of anilines is 1. The maximum absolute atomic E-state index is 12.6. The van der Waals surface area contributed by atoms with Gasteiger partial charge in [-0.05, 0) is 75.5 Å². The van der Waals surface area contributed by atoms with Crippen molar-refractivity contribution in [2.45, 2.75) is 53.1 Å². The van der Waals surface area contributed by atoms with E-state index in [4.69, 9.17) is 4.98 Å². The van der Waals surface area contributed by atoms with Gasteiger partial charge in [0.2, 0.25) is 0 Å². The molecule has 2 heterocycles. The molecule has 1 aliphatic heterocycles. The number of piperidine rings is 1. The normalized spacial score (nSPS) is 15.6. The Balaban J connectivity index is 1.56. The summed E-state index contributed by atoms with van der Waals surface area (Å²) in [6.45, 7) is 10.7. The van der Waals surface area contributed by atoms with Crippen LogP contribution in [-0.4, -0.2) is 33.4 Å². The molecule has 0 unspecified atom stereocenters. The number of hydrogen-bond acceptors (Lipinski definition) is 3. The molecule has 30 heavy (non-hydrogen) atoms. The van der Waals surface area contributed by atoms with E-state index in [-0.39, 0.29) is 5.91 Å². The first-order valence-corrected chi connectivity index (χ1v) is 11.1. The third-order valence-corrected chi connectivity index (χ3v) is 6.05. The highest BCUT2D eigenvalue weighted by atomic mass is 16.1. The molecule has 2 aromatic carbocycles. The number of aromatic nitrogens is 2. The Labute approximate surface area is 179 Å². The fourth-order valence-electron chi connectivity index (χ4n) is 4.26. The number of amides is 1. The number of carbonyl (C=O) groups is 1. The first-order chi connectivity index (χ1) is 14.5. The fourth-order valence-corrected chi connectivity index (χ4v) is 4.26. The number of rotatable bonds is 6. The molecule has 3 aromatic rings. The summed E-state index contributed by atoms with van der Waals surface area (Å²) in [5.74, 6) is 1.87. The Morgan fingerprint density at radius 2 is 1.97 bits per heavy atom.